The van der Waals surface area contributed by atoms with Crippen molar-refractivity contribution >= 4 is 0 Å². The average molecular weight is 206 g/mol. The van der Waals surface area contributed by atoms with Crippen LogP contribution in [0.4, 0.5) is 0 Å². The fourth-order valence-corrected chi connectivity index (χ4v) is 2.94. The largest absolute Gasteiger partial charge is 0.348 e. The van der Waals surface area contributed by atoms with Gasteiger partial charge < -0.3 is 10.3 Å². The van der Waals surface area contributed by atoms with Crippen molar-refractivity contribution in [3.8, 4) is 0 Å². The molecule has 4 heteroatoms. The molecule has 0 bridgehead atoms. The third-order valence-corrected chi connectivity index (χ3v) is 3.69. The quantitative estimate of drug-likeness (QED) is 0.766. The van der Waals surface area contributed by atoms with Crippen LogP contribution in [-0.4, -0.2) is 40.0 Å². The standard InChI is InChI=1S/C11H18N4/c1-2-10-9(3-7-15(10)6-1)14-8-11-12-4-5-13-11/h4-5,9-10,14H,1-3,6-8H2,(H,12,13). The second kappa shape index (κ2) is 3.94. The van der Waals surface area contributed by atoms with Gasteiger partial charge in [-0.15, -0.1) is 0 Å². The Kier molecular flexibility index (Phi) is 2.46. The van der Waals surface area contributed by atoms with E-state index < -0.39 is 0 Å². The molecule has 82 valence electrons. The van der Waals surface area contributed by atoms with Gasteiger partial charge in [0.2, 0.25) is 0 Å². The summed E-state index contributed by atoms with van der Waals surface area (Å²) in [6.45, 7) is 3.46. The monoisotopic (exact) mass is 206 g/mol. The van der Waals surface area contributed by atoms with E-state index in [0.29, 0.717) is 6.04 Å². The molecule has 0 amide bonds. The van der Waals surface area contributed by atoms with Crippen LogP contribution in [0.15, 0.2) is 12.4 Å². The summed E-state index contributed by atoms with van der Waals surface area (Å²) >= 11 is 0. The Morgan fingerprint density at radius 1 is 1.47 bits per heavy atom. The molecule has 1 aromatic rings. The van der Waals surface area contributed by atoms with Gasteiger partial charge in [0.15, 0.2) is 0 Å². The van der Waals surface area contributed by atoms with Crippen molar-refractivity contribution in [1.82, 2.24) is 20.2 Å². The Hall–Kier alpha value is -0.870. The Labute approximate surface area is 90.1 Å². The van der Waals surface area contributed by atoms with E-state index in [0.717, 1.165) is 18.4 Å². The van der Waals surface area contributed by atoms with E-state index >= 15 is 0 Å². The number of nitrogens with one attached hydrogen (secondary N) is 2. The molecular formula is C11H18N4. The Bertz CT molecular complexity index is 308. The summed E-state index contributed by atoms with van der Waals surface area (Å²) in [5.74, 6) is 1.05. The lowest BCUT2D eigenvalue weighted by molar-refractivity contribution is 0.298. The minimum atomic E-state index is 0.678. The van der Waals surface area contributed by atoms with Crippen molar-refractivity contribution in [2.75, 3.05) is 13.1 Å². The molecule has 0 spiro atoms. The SMILES string of the molecule is c1c[nH]c(CNC2CCN3CCCC23)n1. The van der Waals surface area contributed by atoms with Gasteiger partial charge in [-0.3, -0.25) is 4.90 Å². The molecular weight excluding hydrogens is 188 g/mol. The third-order valence-electron chi connectivity index (χ3n) is 3.69. The second-order valence-electron chi connectivity index (χ2n) is 4.56. The number of aromatic nitrogens is 2. The maximum absolute atomic E-state index is 4.23. The minimum Gasteiger partial charge on any atom is -0.348 e. The summed E-state index contributed by atoms with van der Waals surface area (Å²) in [6.07, 6.45) is 7.74. The topological polar surface area (TPSA) is 44.0 Å². The van der Waals surface area contributed by atoms with Crippen LogP contribution in [-0.2, 0) is 6.54 Å². The molecule has 1 aromatic heterocycles. The molecule has 2 saturated heterocycles. The molecule has 0 radical (unpaired) electrons. The first-order valence-corrected chi connectivity index (χ1v) is 5.89. The first-order chi connectivity index (χ1) is 7.43. The Morgan fingerprint density at radius 2 is 2.47 bits per heavy atom. The highest BCUT2D eigenvalue weighted by Gasteiger charge is 2.36. The van der Waals surface area contributed by atoms with Crippen molar-refractivity contribution in [3.05, 3.63) is 18.2 Å². The highest BCUT2D eigenvalue weighted by Crippen LogP contribution is 2.27. The number of aromatic amines is 1. The van der Waals surface area contributed by atoms with Gasteiger partial charge in [-0.25, -0.2) is 4.98 Å². The Balaban J connectivity index is 1.55. The van der Waals surface area contributed by atoms with Crippen LogP contribution in [0.3, 0.4) is 0 Å². The number of fused-ring (bicyclic) bond motifs is 1. The van der Waals surface area contributed by atoms with Gasteiger partial charge in [0.1, 0.15) is 5.82 Å². The van der Waals surface area contributed by atoms with E-state index in [1.807, 2.05) is 12.4 Å². The predicted molar refractivity (Wildman–Crippen MR) is 58.4 cm³/mol. The number of H-pyrrole nitrogens is 1. The summed E-state index contributed by atoms with van der Waals surface area (Å²) in [5.41, 5.74) is 0. The zero-order valence-corrected chi connectivity index (χ0v) is 8.95. The summed E-state index contributed by atoms with van der Waals surface area (Å²) in [5, 5.41) is 3.62. The number of hydrogen-bond donors (Lipinski definition) is 2. The van der Waals surface area contributed by atoms with Gasteiger partial charge in [-0.05, 0) is 25.8 Å². The van der Waals surface area contributed by atoms with E-state index in [1.165, 1.54) is 32.4 Å². The molecule has 3 rings (SSSR count). The molecule has 2 aliphatic rings. The van der Waals surface area contributed by atoms with Gasteiger partial charge in [0, 0.05) is 31.0 Å². The van der Waals surface area contributed by atoms with Crippen LogP contribution < -0.4 is 5.32 Å². The number of nitrogens with zero attached hydrogens (tertiary/aromatic N) is 2. The number of rotatable bonds is 3. The van der Waals surface area contributed by atoms with Crippen LogP contribution >= 0.6 is 0 Å². The first kappa shape index (κ1) is 9.36. The lowest BCUT2D eigenvalue weighted by Crippen LogP contribution is -2.38. The fourth-order valence-electron chi connectivity index (χ4n) is 2.94. The van der Waals surface area contributed by atoms with Crippen LogP contribution in [0.5, 0.6) is 0 Å². The highest BCUT2D eigenvalue weighted by atomic mass is 15.2. The number of hydrogen-bond acceptors (Lipinski definition) is 3. The molecule has 3 heterocycles. The van der Waals surface area contributed by atoms with E-state index in [2.05, 4.69) is 20.2 Å². The van der Waals surface area contributed by atoms with Crippen molar-refractivity contribution in [2.24, 2.45) is 0 Å². The zero-order chi connectivity index (χ0) is 10.1. The molecule has 0 aromatic carbocycles. The predicted octanol–water partition coefficient (Wildman–Crippen LogP) is 0.736. The van der Waals surface area contributed by atoms with Crippen LogP contribution in [0.1, 0.15) is 25.1 Å². The lowest BCUT2D eigenvalue weighted by atomic mass is 10.1. The highest BCUT2D eigenvalue weighted by molar-refractivity contribution is 4.97. The summed E-state index contributed by atoms with van der Waals surface area (Å²) in [6, 6.07) is 1.47. The van der Waals surface area contributed by atoms with Crippen LogP contribution in [0.25, 0.3) is 0 Å². The van der Waals surface area contributed by atoms with Crippen molar-refractivity contribution in [1.29, 1.82) is 0 Å². The molecule has 0 saturated carbocycles. The number of imidazole rings is 1. The zero-order valence-electron chi connectivity index (χ0n) is 8.95. The van der Waals surface area contributed by atoms with E-state index in [-0.39, 0.29) is 0 Å². The van der Waals surface area contributed by atoms with Gasteiger partial charge in [-0.1, -0.05) is 0 Å². The van der Waals surface area contributed by atoms with Gasteiger partial charge in [0.05, 0.1) is 6.54 Å². The Morgan fingerprint density at radius 3 is 3.33 bits per heavy atom. The molecule has 2 fully saturated rings. The first-order valence-electron chi connectivity index (χ1n) is 5.89. The lowest BCUT2D eigenvalue weighted by Gasteiger charge is -2.20. The van der Waals surface area contributed by atoms with E-state index in [9.17, 15) is 0 Å². The molecule has 15 heavy (non-hydrogen) atoms. The second-order valence-corrected chi connectivity index (χ2v) is 4.56. The van der Waals surface area contributed by atoms with E-state index in [1.54, 1.807) is 0 Å². The van der Waals surface area contributed by atoms with Crippen molar-refractivity contribution in [2.45, 2.75) is 37.9 Å². The molecule has 4 nitrogen and oxygen atoms in total. The normalized spacial score (nSPS) is 30.9. The molecule has 2 unspecified atom stereocenters. The fraction of sp³-hybridized carbons (Fsp3) is 0.727. The third kappa shape index (κ3) is 1.79. The van der Waals surface area contributed by atoms with Crippen LogP contribution in [0, 0.1) is 0 Å². The maximum atomic E-state index is 4.23. The van der Waals surface area contributed by atoms with Gasteiger partial charge in [-0.2, -0.15) is 0 Å². The maximum Gasteiger partial charge on any atom is 0.120 e. The minimum absolute atomic E-state index is 0.678. The molecule has 2 atom stereocenters. The smallest absolute Gasteiger partial charge is 0.120 e. The van der Waals surface area contributed by atoms with E-state index in [4.69, 9.17) is 0 Å². The molecule has 2 aliphatic heterocycles. The summed E-state index contributed by atoms with van der Waals surface area (Å²) < 4.78 is 0. The van der Waals surface area contributed by atoms with Gasteiger partial charge >= 0.3 is 0 Å². The molecule has 2 N–H and O–H groups in total. The van der Waals surface area contributed by atoms with Crippen LogP contribution in [0.2, 0.25) is 0 Å². The van der Waals surface area contributed by atoms with Crippen molar-refractivity contribution in [3.63, 3.8) is 0 Å². The average Bonchev–Trinajstić information content (AvgIpc) is 2.93. The van der Waals surface area contributed by atoms with Crippen molar-refractivity contribution < 1.29 is 0 Å². The van der Waals surface area contributed by atoms with Gasteiger partial charge in [0.25, 0.3) is 0 Å². The molecule has 0 aliphatic carbocycles. The summed E-state index contributed by atoms with van der Waals surface area (Å²) in [4.78, 5) is 9.99. The summed E-state index contributed by atoms with van der Waals surface area (Å²) in [7, 11) is 0.